The summed E-state index contributed by atoms with van der Waals surface area (Å²) in [6.45, 7) is 10.6. The number of hydrogen-bond donors (Lipinski definition) is 1. The van der Waals surface area contributed by atoms with Gasteiger partial charge in [0.05, 0.1) is 0 Å². The zero-order valence-electron chi connectivity index (χ0n) is 14.8. The van der Waals surface area contributed by atoms with Crippen molar-refractivity contribution in [1.29, 1.82) is 0 Å². The molecule has 0 spiro atoms. The Kier molecular flexibility index (Phi) is 7.53. The van der Waals surface area contributed by atoms with Crippen LogP contribution in [-0.2, 0) is 0 Å². The van der Waals surface area contributed by atoms with Crippen LogP contribution in [0.25, 0.3) is 0 Å². The summed E-state index contributed by atoms with van der Waals surface area (Å²) in [7, 11) is 4.60. The summed E-state index contributed by atoms with van der Waals surface area (Å²) in [6.07, 6.45) is 9.43. The Bertz CT molecular complexity index is 262. The average Bonchev–Trinajstić information content (AvgIpc) is 2.38. The first kappa shape index (κ1) is 18.0. The van der Waals surface area contributed by atoms with Crippen molar-refractivity contribution in [2.45, 2.75) is 84.2 Å². The van der Waals surface area contributed by atoms with E-state index in [0.29, 0.717) is 11.6 Å². The normalized spacial score (nSPS) is 29.1. The van der Waals surface area contributed by atoms with Gasteiger partial charge in [-0.1, -0.05) is 40.5 Å². The van der Waals surface area contributed by atoms with Crippen LogP contribution < -0.4 is 5.32 Å². The molecule has 3 unspecified atom stereocenters. The van der Waals surface area contributed by atoms with Gasteiger partial charge in [0, 0.05) is 11.6 Å². The zero-order chi connectivity index (χ0) is 15.2. The van der Waals surface area contributed by atoms with Crippen LogP contribution in [0.5, 0.6) is 0 Å². The molecule has 0 aliphatic heterocycles. The Balaban J connectivity index is 2.84. The van der Waals surface area contributed by atoms with E-state index in [4.69, 9.17) is 0 Å². The third-order valence-electron chi connectivity index (χ3n) is 5.22. The summed E-state index contributed by atoms with van der Waals surface area (Å²) in [5.41, 5.74) is 0.377. The van der Waals surface area contributed by atoms with Crippen LogP contribution in [0.3, 0.4) is 0 Å². The summed E-state index contributed by atoms with van der Waals surface area (Å²) in [5.74, 6) is 1.68. The third-order valence-corrected chi connectivity index (χ3v) is 5.22. The first-order valence-electron chi connectivity index (χ1n) is 8.83. The Labute approximate surface area is 127 Å². The maximum atomic E-state index is 3.90. The SMILES string of the molecule is CCCNC(CCC(C)C)C1(N(C)C)CCCC(C)C1. The Morgan fingerprint density at radius 1 is 1.25 bits per heavy atom. The van der Waals surface area contributed by atoms with Crippen LogP contribution in [0.2, 0.25) is 0 Å². The zero-order valence-corrected chi connectivity index (χ0v) is 14.8. The summed E-state index contributed by atoms with van der Waals surface area (Å²) in [6, 6.07) is 0.655. The van der Waals surface area contributed by atoms with Crippen LogP contribution in [0.4, 0.5) is 0 Å². The van der Waals surface area contributed by atoms with Crippen LogP contribution in [0.15, 0.2) is 0 Å². The molecule has 1 aliphatic carbocycles. The fourth-order valence-electron chi connectivity index (χ4n) is 3.98. The first-order valence-corrected chi connectivity index (χ1v) is 8.83. The van der Waals surface area contributed by atoms with Gasteiger partial charge >= 0.3 is 0 Å². The lowest BCUT2D eigenvalue weighted by Gasteiger charge is -2.51. The molecule has 0 aromatic rings. The first-order chi connectivity index (χ1) is 9.42. The predicted octanol–water partition coefficient (Wildman–Crippen LogP) is 4.30. The van der Waals surface area contributed by atoms with Gasteiger partial charge in [0.1, 0.15) is 0 Å². The van der Waals surface area contributed by atoms with Crippen LogP contribution in [0.1, 0.15) is 72.6 Å². The van der Waals surface area contributed by atoms with Gasteiger partial charge in [-0.25, -0.2) is 0 Å². The van der Waals surface area contributed by atoms with Gasteiger partial charge in [0.2, 0.25) is 0 Å². The maximum absolute atomic E-state index is 3.90. The number of nitrogens with zero attached hydrogens (tertiary/aromatic N) is 1. The minimum Gasteiger partial charge on any atom is -0.312 e. The van der Waals surface area contributed by atoms with Crippen LogP contribution in [-0.4, -0.2) is 37.1 Å². The van der Waals surface area contributed by atoms with Crippen molar-refractivity contribution in [3.63, 3.8) is 0 Å². The van der Waals surface area contributed by atoms with Crippen molar-refractivity contribution in [2.24, 2.45) is 11.8 Å². The highest BCUT2D eigenvalue weighted by molar-refractivity contribution is 5.01. The minimum absolute atomic E-state index is 0.377. The number of rotatable bonds is 8. The topological polar surface area (TPSA) is 15.3 Å². The second-order valence-electron chi connectivity index (χ2n) is 7.68. The van der Waals surface area contributed by atoms with Gasteiger partial charge in [-0.15, -0.1) is 0 Å². The number of nitrogens with one attached hydrogen (secondary N) is 1. The molecule has 1 saturated carbocycles. The van der Waals surface area contributed by atoms with Crippen LogP contribution in [0, 0.1) is 11.8 Å². The van der Waals surface area contributed by atoms with E-state index in [1.54, 1.807) is 0 Å². The summed E-state index contributed by atoms with van der Waals surface area (Å²) in [4.78, 5) is 2.54. The molecule has 0 aromatic carbocycles. The molecule has 0 amide bonds. The van der Waals surface area contributed by atoms with Gasteiger partial charge in [0.15, 0.2) is 0 Å². The lowest BCUT2D eigenvalue weighted by molar-refractivity contribution is 0.0326. The van der Waals surface area contributed by atoms with E-state index in [9.17, 15) is 0 Å². The van der Waals surface area contributed by atoms with E-state index in [1.807, 2.05) is 0 Å². The Hall–Kier alpha value is -0.0800. The summed E-state index contributed by atoms with van der Waals surface area (Å²) < 4.78 is 0. The van der Waals surface area contributed by atoms with Crippen molar-refractivity contribution in [2.75, 3.05) is 20.6 Å². The maximum Gasteiger partial charge on any atom is 0.0358 e. The average molecular weight is 283 g/mol. The molecule has 0 saturated heterocycles. The monoisotopic (exact) mass is 282 g/mol. The molecular weight excluding hydrogens is 244 g/mol. The van der Waals surface area contributed by atoms with E-state index in [0.717, 1.165) is 18.4 Å². The molecule has 120 valence electrons. The molecule has 20 heavy (non-hydrogen) atoms. The fourth-order valence-corrected chi connectivity index (χ4v) is 3.98. The van der Waals surface area contributed by atoms with Gasteiger partial charge in [-0.2, -0.15) is 0 Å². The smallest absolute Gasteiger partial charge is 0.0358 e. The molecule has 3 atom stereocenters. The Morgan fingerprint density at radius 3 is 2.45 bits per heavy atom. The molecule has 1 rings (SSSR count). The van der Waals surface area contributed by atoms with Crippen molar-refractivity contribution in [1.82, 2.24) is 10.2 Å². The van der Waals surface area contributed by atoms with Crippen molar-refractivity contribution in [3.8, 4) is 0 Å². The van der Waals surface area contributed by atoms with E-state index >= 15 is 0 Å². The van der Waals surface area contributed by atoms with Crippen molar-refractivity contribution in [3.05, 3.63) is 0 Å². The predicted molar refractivity (Wildman–Crippen MR) is 90.2 cm³/mol. The molecule has 2 heteroatoms. The highest BCUT2D eigenvalue weighted by atomic mass is 15.2. The quantitative estimate of drug-likeness (QED) is 0.714. The summed E-state index contributed by atoms with van der Waals surface area (Å²) >= 11 is 0. The summed E-state index contributed by atoms with van der Waals surface area (Å²) in [5, 5.41) is 3.90. The van der Waals surface area contributed by atoms with Gasteiger partial charge < -0.3 is 10.2 Å². The molecule has 1 fully saturated rings. The number of hydrogen-bond acceptors (Lipinski definition) is 2. The second-order valence-corrected chi connectivity index (χ2v) is 7.68. The van der Waals surface area contributed by atoms with Gasteiger partial charge in [-0.05, 0) is 64.6 Å². The Morgan fingerprint density at radius 2 is 1.95 bits per heavy atom. The lowest BCUT2D eigenvalue weighted by Crippen LogP contribution is -2.61. The molecule has 2 nitrogen and oxygen atoms in total. The molecule has 1 N–H and O–H groups in total. The van der Waals surface area contributed by atoms with E-state index in [2.05, 4.69) is 52.0 Å². The fraction of sp³-hybridized carbons (Fsp3) is 1.00. The largest absolute Gasteiger partial charge is 0.312 e. The highest BCUT2D eigenvalue weighted by Crippen LogP contribution is 2.39. The molecule has 0 aromatic heterocycles. The van der Waals surface area contributed by atoms with Crippen LogP contribution >= 0.6 is 0 Å². The second kappa shape index (κ2) is 8.38. The van der Waals surface area contributed by atoms with E-state index in [-0.39, 0.29) is 0 Å². The molecule has 0 radical (unpaired) electrons. The number of likely N-dealkylation sites (N-methyl/N-ethyl adjacent to an activating group) is 1. The standard InChI is InChI=1S/C18H38N2/c1-7-13-19-17(11-10-15(2)3)18(20(5)6)12-8-9-16(4)14-18/h15-17,19H,7-14H2,1-6H3. The molecular formula is C18H38N2. The van der Waals surface area contributed by atoms with E-state index in [1.165, 1.54) is 44.9 Å². The van der Waals surface area contributed by atoms with Gasteiger partial charge in [0.25, 0.3) is 0 Å². The van der Waals surface area contributed by atoms with Crippen molar-refractivity contribution < 1.29 is 0 Å². The third kappa shape index (κ3) is 4.73. The van der Waals surface area contributed by atoms with Gasteiger partial charge in [-0.3, -0.25) is 0 Å². The molecule has 0 bridgehead atoms. The molecule has 0 heterocycles. The molecule has 1 aliphatic rings. The van der Waals surface area contributed by atoms with E-state index < -0.39 is 0 Å². The lowest BCUT2D eigenvalue weighted by atomic mass is 9.70. The minimum atomic E-state index is 0.377. The highest BCUT2D eigenvalue weighted by Gasteiger charge is 2.42. The van der Waals surface area contributed by atoms with Crippen molar-refractivity contribution >= 4 is 0 Å².